The number of carbonyl (C=O) groups is 1. The highest BCUT2D eigenvalue weighted by molar-refractivity contribution is 5.88. The van der Waals surface area contributed by atoms with E-state index in [9.17, 15) is 4.79 Å². The van der Waals surface area contributed by atoms with Gasteiger partial charge in [-0.05, 0) is 27.1 Å². The molecule has 0 aromatic carbocycles. The maximum absolute atomic E-state index is 11.8. The average molecular weight is 225 g/mol. The monoisotopic (exact) mass is 225 g/mol. The van der Waals surface area contributed by atoms with Crippen molar-refractivity contribution in [2.45, 2.75) is 19.4 Å². The van der Waals surface area contributed by atoms with Crippen LogP contribution in [0.2, 0.25) is 0 Å². The van der Waals surface area contributed by atoms with Crippen LogP contribution in [0.15, 0.2) is 12.2 Å². The minimum Gasteiger partial charge on any atom is -0.335 e. The van der Waals surface area contributed by atoms with Gasteiger partial charge in [0.05, 0.1) is 0 Å². The summed E-state index contributed by atoms with van der Waals surface area (Å²) in [4.78, 5) is 15.8. The smallest absolute Gasteiger partial charge is 0.246 e. The summed E-state index contributed by atoms with van der Waals surface area (Å²) in [6, 6.07) is 0.399. The van der Waals surface area contributed by atoms with Gasteiger partial charge >= 0.3 is 0 Å². The Hall–Kier alpha value is -0.870. The standard InChI is InChI=1S/C12H23N3O/c1-4-13-10-11-7-9-15(11)12(16)6-5-8-14(2)3/h5-6,11,13H,4,7-10H2,1-3H3/b6-5+. The van der Waals surface area contributed by atoms with E-state index in [1.165, 1.54) is 0 Å². The number of amides is 1. The molecule has 0 aliphatic carbocycles. The van der Waals surface area contributed by atoms with Gasteiger partial charge in [-0.1, -0.05) is 13.0 Å². The van der Waals surface area contributed by atoms with Gasteiger partial charge in [0.2, 0.25) is 5.91 Å². The number of carbonyl (C=O) groups excluding carboxylic acids is 1. The molecule has 1 rings (SSSR count). The molecule has 92 valence electrons. The molecule has 4 heteroatoms. The summed E-state index contributed by atoms with van der Waals surface area (Å²) in [5, 5.41) is 3.28. The van der Waals surface area contributed by atoms with Gasteiger partial charge in [-0.3, -0.25) is 4.79 Å². The van der Waals surface area contributed by atoms with E-state index in [0.717, 1.165) is 32.6 Å². The molecule has 1 aliphatic rings. The van der Waals surface area contributed by atoms with Crippen molar-refractivity contribution in [3.63, 3.8) is 0 Å². The van der Waals surface area contributed by atoms with Crippen molar-refractivity contribution in [2.24, 2.45) is 0 Å². The summed E-state index contributed by atoms with van der Waals surface area (Å²) in [7, 11) is 3.98. The lowest BCUT2D eigenvalue weighted by atomic mass is 10.0. The van der Waals surface area contributed by atoms with Crippen molar-refractivity contribution in [1.82, 2.24) is 15.1 Å². The Morgan fingerprint density at radius 2 is 2.31 bits per heavy atom. The van der Waals surface area contributed by atoms with Crippen LogP contribution < -0.4 is 5.32 Å². The Bertz CT molecular complexity index is 251. The van der Waals surface area contributed by atoms with Gasteiger partial charge < -0.3 is 15.1 Å². The molecule has 4 nitrogen and oxygen atoms in total. The van der Waals surface area contributed by atoms with Crippen LogP contribution in [0.25, 0.3) is 0 Å². The zero-order valence-electron chi connectivity index (χ0n) is 10.6. The minimum atomic E-state index is 0.149. The molecular weight excluding hydrogens is 202 g/mol. The lowest BCUT2D eigenvalue weighted by Gasteiger charge is -2.40. The highest BCUT2D eigenvalue weighted by Crippen LogP contribution is 2.16. The number of nitrogens with one attached hydrogen (secondary N) is 1. The van der Waals surface area contributed by atoms with Crippen molar-refractivity contribution in [1.29, 1.82) is 0 Å². The molecule has 0 radical (unpaired) electrons. The summed E-state index contributed by atoms with van der Waals surface area (Å²) >= 11 is 0. The second kappa shape index (κ2) is 6.66. The highest BCUT2D eigenvalue weighted by Gasteiger charge is 2.29. The molecule has 1 heterocycles. The fourth-order valence-electron chi connectivity index (χ4n) is 1.71. The number of nitrogens with zero attached hydrogens (tertiary/aromatic N) is 2. The largest absolute Gasteiger partial charge is 0.335 e. The van der Waals surface area contributed by atoms with Gasteiger partial charge in [0, 0.05) is 31.8 Å². The highest BCUT2D eigenvalue weighted by atomic mass is 16.2. The van der Waals surface area contributed by atoms with Crippen LogP contribution in [0.4, 0.5) is 0 Å². The fraction of sp³-hybridized carbons (Fsp3) is 0.750. The first kappa shape index (κ1) is 13.2. The zero-order valence-corrected chi connectivity index (χ0v) is 10.6. The zero-order chi connectivity index (χ0) is 12.0. The molecule has 1 saturated heterocycles. The van der Waals surface area contributed by atoms with Crippen LogP contribution in [-0.2, 0) is 4.79 Å². The van der Waals surface area contributed by atoms with Crippen molar-refractivity contribution in [3.8, 4) is 0 Å². The third-order valence-corrected chi connectivity index (χ3v) is 2.79. The molecule has 0 saturated carbocycles. The second-order valence-electron chi connectivity index (χ2n) is 4.45. The molecule has 1 amide bonds. The van der Waals surface area contributed by atoms with E-state index in [-0.39, 0.29) is 5.91 Å². The van der Waals surface area contributed by atoms with Gasteiger partial charge in [-0.25, -0.2) is 0 Å². The predicted molar refractivity (Wildman–Crippen MR) is 66.4 cm³/mol. The van der Waals surface area contributed by atoms with Crippen LogP contribution in [0, 0.1) is 0 Å². The molecule has 1 aliphatic heterocycles. The van der Waals surface area contributed by atoms with Gasteiger partial charge in [-0.2, -0.15) is 0 Å². The molecule has 0 bridgehead atoms. The van der Waals surface area contributed by atoms with Gasteiger partial charge in [0.15, 0.2) is 0 Å². The first-order chi connectivity index (χ1) is 7.65. The normalized spacial score (nSPS) is 20.5. The van der Waals surface area contributed by atoms with Crippen LogP contribution in [0.1, 0.15) is 13.3 Å². The van der Waals surface area contributed by atoms with Crippen LogP contribution in [-0.4, -0.2) is 62.0 Å². The van der Waals surface area contributed by atoms with Gasteiger partial charge in [0.25, 0.3) is 0 Å². The van der Waals surface area contributed by atoms with E-state index in [1.807, 2.05) is 30.0 Å². The topological polar surface area (TPSA) is 35.6 Å². The molecule has 1 fully saturated rings. The first-order valence-corrected chi connectivity index (χ1v) is 5.97. The number of likely N-dealkylation sites (N-methyl/N-ethyl adjacent to an activating group) is 2. The third-order valence-electron chi connectivity index (χ3n) is 2.79. The fourth-order valence-corrected chi connectivity index (χ4v) is 1.71. The van der Waals surface area contributed by atoms with Crippen LogP contribution in [0.5, 0.6) is 0 Å². The number of likely N-dealkylation sites (tertiary alicyclic amines) is 1. The van der Waals surface area contributed by atoms with Crippen LogP contribution in [0.3, 0.4) is 0 Å². The predicted octanol–water partition coefficient (Wildman–Crippen LogP) is 0.315. The number of rotatable bonds is 6. The van der Waals surface area contributed by atoms with Crippen LogP contribution >= 0.6 is 0 Å². The molecule has 1 atom stereocenters. The quantitative estimate of drug-likeness (QED) is 0.661. The lowest BCUT2D eigenvalue weighted by Crippen LogP contribution is -2.54. The Labute approximate surface area is 98.3 Å². The molecule has 1 unspecified atom stereocenters. The van der Waals surface area contributed by atoms with Crippen molar-refractivity contribution < 1.29 is 4.79 Å². The maximum atomic E-state index is 11.8. The summed E-state index contributed by atoms with van der Waals surface area (Å²) < 4.78 is 0. The summed E-state index contributed by atoms with van der Waals surface area (Å²) in [5.41, 5.74) is 0. The number of hydrogen-bond donors (Lipinski definition) is 1. The summed E-state index contributed by atoms with van der Waals surface area (Å²) in [5.74, 6) is 0.149. The van der Waals surface area contributed by atoms with E-state index in [0.29, 0.717) is 6.04 Å². The Morgan fingerprint density at radius 3 is 2.81 bits per heavy atom. The second-order valence-corrected chi connectivity index (χ2v) is 4.45. The Morgan fingerprint density at radius 1 is 1.56 bits per heavy atom. The lowest BCUT2D eigenvalue weighted by molar-refractivity contribution is -0.133. The average Bonchev–Trinajstić information content (AvgIpc) is 2.16. The maximum Gasteiger partial charge on any atom is 0.246 e. The summed E-state index contributed by atoms with van der Waals surface area (Å²) in [6.07, 6.45) is 4.74. The first-order valence-electron chi connectivity index (χ1n) is 5.97. The number of hydrogen-bond acceptors (Lipinski definition) is 3. The third kappa shape index (κ3) is 3.94. The molecule has 0 aromatic heterocycles. The molecular formula is C12H23N3O. The molecule has 0 spiro atoms. The summed E-state index contributed by atoms with van der Waals surface area (Å²) in [6.45, 7) is 5.69. The van der Waals surface area contributed by atoms with Crippen molar-refractivity contribution in [2.75, 3.05) is 40.3 Å². The Kier molecular flexibility index (Phi) is 5.49. The van der Waals surface area contributed by atoms with E-state index < -0.39 is 0 Å². The molecule has 0 aromatic rings. The molecule has 16 heavy (non-hydrogen) atoms. The Balaban J connectivity index is 2.28. The SMILES string of the molecule is CCNCC1CCN1C(=O)/C=C/CN(C)C. The minimum absolute atomic E-state index is 0.149. The van der Waals surface area contributed by atoms with Crippen molar-refractivity contribution in [3.05, 3.63) is 12.2 Å². The van der Waals surface area contributed by atoms with E-state index in [4.69, 9.17) is 0 Å². The van der Waals surface area contributed by atoms with E-state index in [1.54, 1.807) is 6.08 Å². The van der Waals surface area contributed by atoms with E-state index >= 15 is 0 Å². The van der Waals surface area contributed by atoms with Gasteiger partial charge in [0.1, 0.15) is 0 Å². The van der Waals surface area contributed by atoms with E-state index in [2.05, 4.69) is 12.2 Å². The molecule has 1 N–H and O–H groups in total. The van der Waals surface area contributed by atoms with Crippen molar-refractivity contribution >= 4 is 5.91 Å². The van der Waals surface area contributed by atoms with Gasteiger partial charge in [-0.15, -0.1) is 0 Å².